The molecule has 0 amide bonds. The minimum atomic E-state index is -0.344. The number of aryl methyl sites for hydroxylation is 1. The molecule has 0 aliphatic carbocycles. The van der Waals surface area contributed by atoms with E-state index in [1.54, 1.807) is 55.8 Å². The molecule has 0 fully saturated rings. The Morgan fingerprint density at radius 1 is 1.02 bits per heavy atom. The number of aromatic nitrogens is 2. The molecule has 0 radical (unpaired) electrons. The van der Waals surface area contributed by atoms with E-state index in [9.17, 15) is 9.18 Å². The molecular formula is C35H33BrFN3O4. The van der Waals surface area contributed by atoms with Crippen LogP contribution in [-0.4, -0.2) is 29.6 Å². The summed E-state index contributed by atoms with van der Waals surface area (Å²) < 4.78 is 33.6. The molecule has 0 bridgehead atoms. The first-order valence-electron chi connectivity index (χ1n) is 14.3. The summed E-state index contributed by atoms with van der Waals surface area (Å²) in [5.74, 6) is 1.93. The molecule has 0 N–H and O–H groups in total. The Kier molecular flexibility index (Phi) is 9.44. The SMILES string of the molecule is CCOc1cc(C=Nn2c(-c3cc(C(C)C)c(OC)cc3C)nc3ccccc3c2=O)cc(Br)c1OCc1ccccc1F. The van der Waals surface area contributed by atoms with E-state index in [1.165, 1.54) is 10.7 Å². The molecule has 1 aromatic heterocycles. The highest BCUT2D eigenvalue weighted by Gasteiger charge is 2.19. The summed E-state index contributed by atoms with van der Waals surface area (Å²) in [6.45, 7) is 8.42. The number of halogens is 2. The molecule has 7 nitrogen and oxygen atoms in total. The molecule has 1 heterocycles. The summed E-state index contributed by atoms with van der Waals surface area (Å²) in [5.41, 5.74) is 4.05. The van der Waals surface area contributed by atoms with Gasteiger partial charge in [0.15, 0.2) is 17.3 Å². The molecule has 4 aromatic carbocycles. The van der Waals surface area contributed by atoms with Crippen LogP contribution >= 0.6 is 15.9 Å². The minimum Gasteiger partial charge on any atom is -0.496 e. The van der Waals surface area contributed by atoms with Crippen LogP contribution in [0.1, 0.15) is 48.9 Å². The van der Waals surface area contributed by atoms with Crippen molar-refractivity contribution in [1.29, 1.82) is 0 Å². The quantitative estimate of drug-likeness (QED) is 0.141. The van der Waals surface area contributed by atoms with E-state index in [0.717, 1.165) is 22.4 Å². The molecule has 226 valence electrons. The zero-order valence-corrected chi connectivity index (χ0v) is 26.8. The molecule has 0 aliphatic rings. The Hall–Kier alpha value is -4.50. The lowest BCUT2D eigenvalue weighted by atomic mass is 9.96. The Morgan fingerprint density at radius 2 is 1.77 bits per heavy atom. The fourth-order valence-electron chi connectivity index (χ4n) is 4.93. The van der Waals surface area contributed by atoms with Crippen LogP contribution in [0, 0.1) is 12.7 Å². The second-order valence-electron chi connectivity index (χ2n) is 10.5. The summed E-state index contributed by atoms with van der Waals surface area (Å²) in [6.07, 6.45) is 1.58. The van der Waals surface area contributed by atoms with E-state index in [2.05, 4.69) is 34.9 Å². The lowest BCUT2D eigenvalue weighted by molar-refractivity contribution is 0.264. The maximum Gasteiger partial charge on any atom is 0.282 e. The minimum absolute atomic E-state index is 0.0277. The van der Waals surface area contributed by atoms with Crippen molar-refractivity contribution in [2.45, 2.75) is 40.2 Å². The highest BCUT2D eigenvalue weighted by atomic mass is 79.9. The largest absolute Gasteiger partial charge is 0.496 e. The van der Waals surface area contributed by atoms with Gasteiger partial charge in [0.2, 0.25) is 0 Å². The van der Waals surface area contributed by atoms with Crippen molar-refractivity contribution < 1.29 is 18.6 Å². The van der Waals surface area contributed by atoms with Crippen LogP contribution in [0.3, 0.4) is 0 Å². The Balaban J connectivity index is 1.60. The first-order chi connectivity index (χ1) is 21.2. The fraction of sp³-hybridized carbons (Fsp3) is 0.229. The molecule has 0 spiro atoms. The van der Waals surface area contributed by atoms with E-state index in [0.29, 0.717) is 50.4 Å². The van der Waals surface area contributed by atoms with Gasteiger partial charge in [-0.25, -0.2) is 9.37 Å². The number of methoxy groups -OCH3 is 1. The van der Waals surface area contributed by atoms with Crippen LogP contribution in [0.4, 0.5) is 4.39 Å². The van der Waals surface area contributed by atoms with Crippen LogP contribution in [0.25, 0.3) is 22.3 Å². The van der Waals surface area contributed by atoms with Gasteiger partial charge >= 0.3 is 0 Å². The van der Waals surface area contributed by atoms with Crippen molar-refractivity contribution in [3.63, 3.8) is 0 Å². The van der Waals surface area contributed by atoms with E-state index >= 15 is 0 Å². The molecule has 5 aromatic rings. The zero-order chi connectivity index (χ0) is 31.4. The molecule has 44 heavy (non-hydrogen) atoms. The molecular weight excluding hydrogens is 625 g/mol. The predicted molar refractivity (Wildman–Crippen MR) is 176 cm³/mol. The molecule has 0 saturated carbocycles. The monoisotopic (exact) mass is 657 g/mol. The van der Waals surface area contributed by atoms with Gasteiger partial charge in [0.05, 0.1) is 35.3 Å². The average Bonchev–Trinajstić information content (AvgIpc) is 3.00. The van der Waals surface area contributed by atoms with Crippen molar-refractivity contribution >= 4 is 33.0 Å². The normalized spacial score (nSPS) is 11.5. The van der Waals surface area contributed by atoms with Crippen molar-refractivity contribution in [2.75, 3.05) is 13.7 Å². The van der Waals surface area contributed by atoms with Crippen LogP contribution in [0.2, 0.25) is 0 Å². The van der Waals surface area contributed by atoms with E-state index in [1.807, 2.05) is 38.1 Å². The Morgan fingerprint density at radius 3 is 2.50 bits per heavy atom. The van der Waals surface area contributed by atoms with E-state index in [-0.39, 0.29) is 23.9 Å². The van der Waals surface area contributed by atoms with E-state index < -0.39 is 0 Å². The lowest BCUT2D eigenvalue weighted by Crippen LogP contribution is -2.20. The number of benzene rings is 4. The summed E-state index contributed by atoms with van der Waals surface area (Å²) in [6, 6.07) is 21.2. The summed E-state index contributed by atoms with van der Waals surface area (Å²) in [4.78, 5) is 18.7. The second-order valence-corrected chi connectivity index (χ2v) is 11.4. The maximum atomic E-state index is 14.2. The molecule has 9 heteroatoms. The number of hydrogen-bond donors (Lipinski definition) is 0. The van der Waals surface area contributed by atoms with Crippen LogP contribution in [0.5, 0.6) is 17.2 Å². The maximum absolute atomic E-state index is 14.2. The summed E-state index contributed by atoms with van der Waals surface area (Å²) in [5, 5.41) is 5.11. The highest BCUT2D eigenvalue weighted by molar-refractivity contribution is 9.10. The first kappa shape index (κ1) is 30.9. The third-order valence-corrected chi connectivity index (χ3v) is 7.77. The van der Waals surface area contributed by atoms with Gasteiger partial charge in [0.25, 0.3) is 5.56 Å². The highest BCUT2D eigenvalue weighted by Crippen LogP contribution is 2.38. The predicted octanol–water partition coefficient (Wildman–Crippen LogP) is 8.27. The van der Waals surface area contributed by atoms with Crippen LogP contribution in [-0.2, 0) is 6.61 Å². The van der Waals surface area contributed by atoms with Gasteiger partial charge in [-0.05, 0) is 94.9 Å². The first-order valence-corrected chi connectivity index (χ1v) is 15.1. The number of nitrogens with zero attached hydrogens (tertiary/aromatic N) is 3. The van der Waals surface area contributed by atoms with Crippen molar-refractivity contribution in [2.24, 2.45) is 5.10 Å². The van der Waals surface area contributed by atoms with Crippen molar-refractivity contribution in [3.05, 3.63) is 116 Å². The van der Waals surface area contributed by atoms with Gasteiger partial charge in [-0.1, -0.05) is 44.2 Å². The number of rotatable bonds is 10. The van der Waals surface area contributed by atoms with Crippen molar-refractivity contribution in [1.82, 2.24) is 9.66 Å². The van der Waals surface area contributed by atoms with Crippen LogP contribution < -0.4 is 19.8 Å². The smallest absolute Gasteiger partial charge is 0.282 e. The average molecular weight is 659 g/mol. The van der Waals surface area contributed by atoms with Gasteiger partial charge < -0.3 is 14.2 Å². The zero-order valence-electron chi connectivity index (χ0n) is 25.2. The molecule has 0 aliphatic heterocycles. The van der Waals surface area contributed by atoms with Crippen LogP contribution in [0.15, 0.2) is 87.2 Å². The number of fused-ring (bicyclic) bond motifs is 1. The van der Waals surface area contributed by atoms with Gasteiger partial charge in [-0.15, -0.1) is 0 Å². The van der Waals surface area contributed by atoms with Gasteiger partial charge in [0.1, 0.15) is 18.2 Å². The van der Waals surface area contributed by atoms with Crippen molar-refractivity contribution in [3.8, 4) is 28.6 Å². The lowest BCUT2D eigenvalue weighted by Gasteiger charge is -2.17. The number of para-hydroxylation sites is 1. The topological polar surface area (TPSA) is 74.9 Å². The third-order valence-electron chi connectivity index (χ3n) is 7.18. The molecule has 0 saturated heterocycles. The number of hydrogen-bond acceptors (Lipinski definition) is 6. The fourth-order valence-corrected chi connectivity index (χ4v) is 5.50. The summed E-state index contributed by atoms with van der Waals surface area (Å²) in [7, 11) is 1.65. The standard InChI is InChI=1S/C35H33BrFN3O4/c1-6-43-32-17-23(16-28(36)33(32)44-20-24-11-7-9-13-29(24)37)19-38-40-34(39-30-14-10-8-12-25(30)35(40)41)27-18-26(21(2)3)31(42-5)15-22(27)4/h7-19,21H,6,20H2,1-5H3. The molecule has 5 rings (SSSR count). The Bertz CT molecular complexity index is 1920. The third kappa shape index (κ3) is 6.38. The number of ether oxygens (including phenoxy) is 3. The summed E-state index contributed by atoms with van der Waals surface area (Å²) >= 11 is 3.58. The van der Waals surface area contributed by atoms with Gasteiger partial charge in [-0.2, -0.15) is 9.78 Å². The molecule has 0 atom stereocenters. The van der Waals surface area contributed by atoms with Gasteiger partial charge in [-0.3, -0.25) is 4.79 Å². The van der Waals surface area contributed by atoms with E-state index in [4.69, 9.17) is 19.2 Å². The Labute approximate surface area is 264 Å². The second kappa shape index (κ2) is 13.4. The van der Waals surface area contributed by atoms with Gasteiger partial charge in [0, 0.05) is 11.1 Å². The molecule has 0 unspecified atom stereocenters.